The molecule has 0 aromatic heterocycles. The van der Waals surface area contributed by atoms with Gasteiger partial charge in [0.1, 0.15) is 5.75 Å². The largest absolute Gasteiger partial charge is 0.496 e. The normalized spacial score (nSPS) is 9.14. The standard InChI is InChI=1S/C9H8N2O3/c1-11-7-3-5(9(12)13)8(14-2)4-6(7)10/h3-4H,10H2,2H3,(H,12,13). The SMILES string of the molecule is [C-]#[N+]c1cc(C(=O)O)c(OC)cc1N. The van der Waals surface area contributed by atoms with Crippen molar-refractivity contribution < 1.29 is 14.6 Å². The molecule has 0 amide bonds. The van der Waals surface area contributed by atoms with Crippen molar-refractivity contribution in [3.8, 4) is 5.75 Å². The summed E-state index contributed by atoms with van der Waals surface area (Å²) in [5.41, 5.74) is 5.75. The van der Waals surface area contributed by atoms with Gasteiger partial charge >= 0.3 is 5.97 Å². The highest BCUT2D eigenvalue weighted by Gasteiger charge is 2.13. The number of hydrogen-bond acceptors (Lipinski definition) is 3. The second kappa shape index (κ2) is 3.66. The number of carboxylic acids is 1. The molecule has 1 aromatic carbocycles. The average molecular weight is 192 g/mol. The number of aromatic carboxylic acids is 1. The van der Waals surface area contributed by atoms with Crippen molar-refractivity contribution in [3.05, 3.63) is 29.1 Å². The summed E-state index contributed by atoms with van der Waals surface area (Å²) in [5.74, 6) is -0.992. The second-order valence-corrected chi connectivity index (χ2v) is 2.53. The minimum atomic E-state index is -1.15. The van der Waals surface area contributed by atoms with Gasteiger partial charge in [0.05, 0.1) is 19.2 Å². The van der Waals surface area contributed by atoms with Crippen LogP contribution < -0.4 is 10.5 Å². The van der Waals surface area contributed by atoms with Crippen LogP contribution in [0.5, 0.6) is 5.75 Å². The number of carboxylic acid groups (broad SMARTS) is 1. The Bertz CT molecular complexity index is 421. The van der Waals surface area contributed by atoms with Gasteiger partial charge in [0, 0.05) is 5.69 Å². The van der Waals surface area contributed by atoms with E-state index in [-0.39, 0.29) is 22.7 Å². The van der Waals surface area contributed by atoms with E-state index in [0.717, 1.165) is 0 Å². The van der Waals surface area contributed by atoms with Gasteiger partial charge in [0.25, 0.3) is 0 Å². The van der Waals surface area contributed by atoms with Gasteiger partial charge in [0.2, 0.25) is 5.69 Å². The van der Waals surface area contributed by atoms with Crippen molar-refractivity contribution in [2.24, 2.45) is 0 Å². The third-order valence-electron chi connectivity index (χ3n) is 1.70. The predicted octanol–water partition coefficient (Wildman–Crippen LogP) is 1.53. The Morgan fingerprint density at radius 1 is 1.64 bits per heavy atom. The molecule has 0 saturated carbocycles. The molecule has 0 radical (unpaired) electrons. The Labute approximate surface area is 80.5 Å². The molecule has 0 unspecified atom stereocenters. The van der Waals surface area contributed by atoms with E-state index in [9.17, 15) is 4.79 Å². The minimum absolute atomic E-state index is 0.0623. The zero-order valence-electron chi connectivity index (χ0n) is 7.44. The van der Waals surface area contributed by atoms with E-state index in [1.807, 2.05) is 0 Å². The third-order valence-corrected chi connectivity index (χ3v) is 1.70. The molecule has 72 valence electrons. The van der Waals surface area contributed by atoms with Gasteiger partial charge < -0.3 is 15.6 Å². The smallest absolute Gasteiger partial charge is 0.338 e. The molecule has 1 rings (SSSR count). The summed E-state index contributed by atoms with van der Waals surface area (Å²) < 4.78 is 4.82. The number of rotatable bonds is 2. The molecule has 0 aliphatic heterocycles. The van der Waals surface area contributed by atoms with E-state index in [1.54, 1.807) is 0 Å². The lowest BCUT2D eigenvalue weighted by molar-refractivity contribution is 0.0693. The Kier molecular flexibility index (Phi) is 2.58. The fourth-order valence-corrected chi connectivity index (χ4v) is 1.02. The molecule has 0 bridgehead atoms. The maximum Gasteiger partial charge on any atom is 0.338 e. The molecule has 1 aromatic rings. The van der Waals surface area contributed by atoms with Crippen molar-refractivity contribution in [3.63, 3.8) is 0 Å². The number of carbonyl (C=O) groups is 1. The van der Waals surface area contributed by atoms with Crippen molar-refractivity contribution in [1.29, 1.82) is 0 Å². The summed E-state index contributed by atoms with van der Waals surface area (Å²) >= 11 is 0. The molecule has 0 saturated heterocycles. The molecule has 0 atom stereocenters. The number of methoxy groups -OCH3 is 1. The molecule has 0 heterocycles. The van der Waals surface area contributed by atoms with Crippen LogP contribution in [0.4, 0.5) is 11.4 Å². The van der Waals surface area contributed by atoms with E-state index in [4.69, 9.17) is 22.1 Å². The van der Waals surface area contributed by atoms with Crippen LogP contribution in [0.2, 0.25) is 0 Å². The van der Waals surface area contributed by atoms with Crippen LogP contribution in [-0.4, -0.2) is 18.2 Å². The lowest BCUT2D eigenvalue weighted by Gasteiger charge is -2.06. The van der Waals surface area contributed by atoms with Gasteiger partial charge in [-0.25, -0.2) is 9.64 Å². The second-order valence-electron chi connectivity index (χ2n) is 2.53. The summed E-state index contributed by atoms with van der Waals surface area (Å²) in [7, 11) is 1.35. The number of benzene rings is 1. The summed E-state index contributed by atoms with van der Waals surface area (Å²) in [6.07, 6.45) is 0. The average Bonchev–Trinajstić information content (AvgIpc) is 2.16. The first-order chi connectivity index (χ1) is 6.60. The molecule has 0 aliphatic carbocycles. The lowest BCUT2D eigenvalue weighted by atomic mass is 10.1. The Hall–Kier alpha value is -2.22. The van der Waals surface area contributed by atoms with Crippen molar-refractivity contribution >= 4 is 17.3 Å². The van der Waals surface area contributed by atoms with Crippen LogP contribution in [0.15, 0.2) is 12.1 Å². The zero-order valence-corrected chi connectivity index (χ0v) is 7.44. The van der Waals surface area contributed by atoms with Crippen molar-refractivity contribution in [1.82, 2.24) is 0 Å². The molecule has 0 spiro atoms. The number of anilines is 1. The van der Waals surface area contributed by atoms with Crippen LogP contribution >= 0.6 is 0 Å². The number of nitrogens with zero attached hydrogens (tertiary/aromatic N) is 1. The van der Waals surface area contributed by atoms with Crippen LogP contribution in [0.25, 0.3) is 4.85 Å². The van der Waals surface area contributed by atoms with Crippen molar-refractivity contribution in [2.75, 3.05) is 12.8 Å². The summed E-state index contributed by atoms with van der Waals surface area (Å²) in [6.45, 7) is 6.76. The monoisotopic (exact) mass is 192 g/mol. The molecular weight excluding hydrogens is 184 g/mol. The van der Waals surface area contributed by atoms with E-state index in [0.29, 0.717) is 0 Å². The Morgan fingerprint density at radius 3 is 2.71 bits per heavy atom. The summed E-state index contributed by atoms with van der Waals surface area (Å²) in [6, 6.07) is 2.53. The first kappa shape index (κ1) is 9.86. The van der Waals surface area contributed by atoms with Gasteiger partial charge in [-0.2, -0.15) is 0 Å². The van der Waals surface area contributed by atoms with Crippen LogP contribution in [0.1, 0.15) is 10.4 Å². The van der Waals surface area contributed by atoms with E-state index >= 15 is 0 Å². The summed E-state index contributed by atoms with van der Waals surface area (Å²) in [5, 5.41) is 8.78. The van der Waals surface area contributed by atoms with Crippen LogP contribution in [0.3, 0.4) is 0 Å². The van der Waals surface area contributed by atoms with E-state index in [2.05, 4.69) is 4.85 Å². The fourth-order valence-electron chi connectivity index (χ4n) is 1.02. The fraction of sp³-hybridized carbons (Fsp3) is 0.111. The molecule has 5 heteroatoms. The first-order valence-corrected chi connectivity index (χ1v) is 3.68. The quantitative estimate of drug-likeness (QED) is 0.550. The molecule has 5 nitrogen and oxygen atoms in total. The number of nitrogens with two attached hydrogens (primary N) is 1. The lowest BCUT2D eigenvalue weighted by Crippen LogP contribution is -2.01. The van der Waals surface area contributed by atoms with Gasteiger partial charge in [-0.3, -0.25) is 0 Å². The highest BCUT2D eigenvalue weighted by molar-refractivity contribution is 5.94. The Balaban J connectivity index is 3.42. The van der Waals surface area contributed by atoms with Crippen molar-refractivity contribution in [2.45, 2.75) is 0 Å². The van der Waals surface area contributed by atoms with Crippen LogP contribution in [-0.2, 0) is 0 Å². The van der Waals surface area contributed by atoms with Gasteiger partial charge in [-0.15, -0.1) is 0 Å². The topological polar surface area (TPSA) is 76.9 Å². The summed E-state index contributed by atoms with van der Waals surface area (Å²) in [4.78, 5) is 13.8. The van der Waals surface area contributed by atoms with E-state index in [1.165, 1.54) is 19.2 Å². The maximum absolute atomic E-state index is 10.7. The van der Waals surface area contributed by atoms with Crippen LogP contribution in [0, 0.1) is 6.57 Å². The third kappa shape index (κ3) is 1.59. The number of ether oxygens (including phenoxy) is 1. The molecule has 0 fully saturated rings. The Morgan fingerprint density at radius 2 is 2.29 bits per heavy atom. The van der Waals surface area contributed by atoms with Gasteiger partial charge in [-0.1, -0.05) is 0 Å². The van der Waals surface area contributed by atoms with Gasteiger partial charge in [-0.05, 0) is 12.1 Å². The predicted molar refractivity (Wildman–Crippen MR) is 50.6 cm³/mol. The molecule has 3 N–H and O–H groups in total. The minimum Gasteiger partial charge on any atom is -0.496 e. The zero-order chi connectivity index (χ0) is 10.7. The number of hydrogen-bond donors (Lipinski definition) is 2. The van der Waals surface area contributed by atoms with Gasteiger partial charge in [0.15, 0.2) is 0 Å². The number of nitrogen functional groups attached to an aromatic ring is 1. The first-order valence-electron chi connectivity index (χ1n) is 3.68. The highest BCUT2D eigenvalue weighted by Crippen LogP contribution is 2.30. The highest BCUT2D eigenvalue weighted by atomic mass is 16.5. The molecule has 0 aliphatic rings. The molecular formula is C9H8N2O3. The van der Waals surface area contributed by atoms with E-state index < -0.39 is 5.97 Å². The molecule has 14 heavy (non-hydrogen) atoms. The maximum atomic E-state index is 10.7.